The molecule has 6 nitrogen and oxygen atoms in total. The summed E-state index contributed by atoms with van der Waals surface area (Å²) < 4.78 is 53.4. The van der Waals surface area contributed by atoms with E-state index in [1.807, 2.05) is 0 Å². The van der Waals surface area contributed by atoms with Crippen molar-refractivity contribution in [2.45, 2.75) is 18.4 Å². The summed E-state index contributed by atoms with van der Waals surface area (Å²) in [4.78, 5) is 10.9. The fraction of sp³-hybridized carbons (Fsp3) is 0.231. The van der Waals surface area contributed by atoms with Crippen LogP contribution in [0.4, 0.5) is 8.78 Å². The number of hydrogen-bond donors (Lipinski definition) is 1. The van der Waals surface area contributed by atoms with Crippen LogP contribution in [0.1, 0.15) is 5.69 Å². The molecule has 0 spiro atoms. The van der Waals surface area contributed by atoms with E-state index in [1.165, 1.54) is 12.1 Å². The molecule has 0 radical (unpaired) electrons. The molecule has 0 aliphatic carbocycles. The second-order valence-corrected chi connectivity index (χ2v) is 6.24. The van der Waals surface area contributed by atoms with Gasteiger partial charge in [-0.3, -0.25) is 4.79 Å². The summed E-state index contributed by atoms with van der Waals surface area (Å²) in [5.41, 5.74) is 0.227. The highest BCUT2D eigenvalue weighted by Crippen LogP contribution is 2.14. The molecule has 1 N–H and O–H groups in total. The normalized spacial score (nSPS) is 11.6. The predicted octanol–water partition coefficient (Wildman–Crippen LogP) is 0.808. The highest BCUT2D eigenvalue weighted by Gasteiger charge is 2.19. The average molecular weight is 329 g/mol. The van der Waals surface area contributed by atoms with E-state index in [4.69, 9.17) is 0 Å². The van der Waals surface area contributed by atoms with Gasteiger partial charge in [-0.2, -0.15) is 5.10 Å². The molecule has 0 unspecified atom stereocenters. The monoisotopic (exact) mass is 329 g/mol. The molecule has 0 aliphatic rings. The summed E-state index contributed by atoms with van der Waals surface area (Å²) >= 11 is 0. The quantitative estimate of drug-likeness (QED) is 0.880. The van der Waals surface area contributed by atoms with E-state index in [2.05, 4.69) is 9.82 Å². The van der Waals surface area contributed by atoms with E-state index in [1.54, 1.807) is 6.92 Å². The van der Waals surface area contributed by atoms with Gasteiger partial charge in [0.2, 0.25) is 10.0 Å². The largest absolute Gasteiger partial charge is 0.268 e. The molecule has 22 heavy (non-hydrogen) atoms. The smallest absolute Gasteiger partial charge is 0.266 e. The summed E-state index contributed by atoms with van der Waals surface area (Å²) in [6.07, 6.45) is 0. The molecule has 0 fully saturated rings. The molecule has 1 heterocycles. The van der Waals surface area contributed by atoms with Crippen molar-refractivity contribution in [3.63, 3.8) is 0 Å². The van der Waals surface area contributed by atoms with Crippen LogP contribution in [0.2, 0.25) is 0 Å². The number of hydrogen-bond acceptors (Lipinski definition) is 4. The fourth-order valence-corrected chi connectivity index (χ4v) is 2.85. The van der Waals surface area contributed by atoms with Gasteiger partial charge in [-0.05, 0) is 25.1 Å². The van der Waals surface area contributed by atoms with Crippen molar-refractivity contribution in [2.75, 3.05) is 6.54 Å². The lowest BCUT2D eigenvalue weighted by Gasteiger charge is -2.09. The van der Waals surface area contributed by atoms with Crippen molar-refractivity contribution in [3.8, 4) is 0 Å². The second kappa shape index (κ2) is 6.32. The first kappa shape index (κ1) is 16.2. The number of sulfonamides is 1. The first-order valence-electron chi connectivity index (χ1n) is 6.29. The van der Waals surface area contributed by atoms with E-state index in [0.717, 1.165) is 16.8 Å². The summed E-state index contributed by atoms with van der Waals surface area (Å²) in [6.45, 7) is 1.52. The van der Waals surface area contributed by atoms with Gasteiger partial charge in [0.25, 0.3) is 5.56 Å². The Balaban J connectivity index is 2.10. The van der Waals surface area contributed by atoms with Crippen molar-refractivity contribution in [1.82, 2.24) is 14.5 Å². The fourth-order valence-electron chi connectivity index (χ4n) is 1.77. The van der Waals surface area contributed by atoms with Gasteiger partial charge in [-0.25, -0.2) is 26.6 Å². The van der Waals surface area contributed by atoms with Crippen LogP contribution >= 0.6 is 0 Å². The van der Waals surface area contributed by atoms with Crippen LogP contribution in [0.15, 0.2) is 40.0 Å². The van der Waals surface area contributed by atoms with E-state index < -0.39 is 26.6 Å². The predicted molar refractivity (Wildman–Crippen MR) is 74.8 cm³/mol. The van der Waals surface area contributed by atoms with Crippen LogP contribution in [0.3, 0.4) is 0 Å². The van der Waals surface area contributed by atoms with Crippen LogP contribution in [-0.4, -0.2) is 24.7 Å². The molecule has 118 valence electrons. The van der Waals surface area contributed by atoms with Gasteiger partial charge in [0, 0.05) is 18.7 Å². The molecule has 1 aromatic carbocycles. The Morgan fingerprint density at radius 2 is 1.95 bits per heavy atom. The van der Waals surface area contributed by atoms with Gasteiger partial charge in [0.05, 0.1) is 12.2 Å². The Kier molecular flexibility index (Phi) is 4.67. The maximum absolute atomic E-state index is 13.5. The molecule has 0 bridgehead atoms. The zero-order valence-corrected chi connectivity index (χ0v) is 12.4. The SMILES string of the molecule is Cc1ccc(=O)n(CCNS(=O)(=O)c2ccc(F)cc2F)n1. The average Bonchev–Trinajstić information content (AvgIpc) is 2.42. The van der Waals surface area contributed by atoms with Crippen LogP contribution in [0.25, 0.3) is 0 Å². The topological polar surface area (TPSA) is 81.1 Å². The minimum Gasteiger partial charge on any atom is -0.268 e. The standard InChI is InChI=1S/C13H13F2N3O3S/c1-9-2-5-13(19)18(17-9)7-6-16-22(20,21)12-4-3-10(14)8-11(12)15/h2-5,8,16H,6-7H2,1H3. The Bertz CT molecular complexity index is 850. The third-order valence-corrected chi connectivity index (χ3v) is 4.29. The third-order valence-electron chi connectivity index (χ3n) is 2.80. The van der Waals surface area contributed by atoms with Gasteiger partial charge in [-0.15, -0.1) is 0 Å². The Hall–Kier alpha value is -2.13. The third kappa shape index (κ3) is 3.74. The molecule has 0 amide bonds. The van der Waals surface area contributed by atoms with E-state index in [9.17, 15) is 22.0 Å². The highest BCUT2D eigenvalue weighted by atomic mass is 32.2. The van der Waals surface area contributed by atoms with Crippen molar-refractivity contribution < 1.29 is 17.2 Å². The molecular formula is C13H13F2N3O3S. The molecule has 0 saturated heterocycles. The number of nitrogens with zero attached hydrogens (tertiary/aromatic N) is 2. The minimum atomic E-state index is -4.14. The van der Waals surface area contributed by atoms with Gasteiger partial charge < -0.3 is 0 Å². The van der Waals surface area contributed by atoms with Crippen molar-refractivity contribution >= 4 is 10.0 Å². The van der Waals surface area contributed by atoms with Crippen LogP contribution in [0, 0.1) is 18.6 Å². The van der Waals surface area contributed by atoms with Gasteiger partial charge in [-0.1, -0.05) is 0 Å². The van der Waals surface area contributed by atoms with Gasteiger partial charge >= 0.3 is 0 Å². The maximum Gasteiger partial charge on any atom is 0.266 e. The number of aromatic nitrogens is 2. The summed E-state index contributed by atoms with van der Waals surface area (Å²) in [7, 11) is -4.14. The molecule has 0 atom stereocenters. The van der Waals surface area contributed by atoms with E-state index >= 15 is 0 Å². The number of halogens is 2. The van der Waals surface area contributed by atoms with Gasteiger partial charge in [0.15, 0.2) is 0 Å². The zero-order valence-electron chi connectivity index (χ0n) is 11.6. The Labute approximate surface area is 125 Å². The molecule has 2 rings (SSSR count). The second-order valence-electron chi connectivity index (χ2n) is 4.51. The molecule has 0 aliphatic heterocycles. The van der Waals surface area contributed by atoms with Crippen LogP contribution < -0.4 is 10.3 Å². The van der Waals surface area contributed by atoms with Crippen LogP contribution in [-0.2, 0) is 16.6 Å². The number of benzene rings is 1. The summed E-state index contributed by atoms with van der Waals surface area (Å²) in [5, 5.41) is 3.94. The van der Waals surface area contributed by atoms with Gasteiger partial charge in [0.1, 0.15) is 16.5 Å². The molecule has 0 saturated carbocycles. The summed E-state index contributed by atoms with van der Waals surface area (Å²) in [6, 6.07) is 5.03. The Morgan fingerprint density at radius 1 is 1.23 bits per heavy atom. The van der Waals surface area contributed by atoms with E-state index in [-0.39, 0.29) is 18.6 Å². The molecular weight excluding hydrogens is 316 g/mol. The van der Waals surface area contributed by atoms with Crippen molar-refractivity contribution in [3.05, 3.63) is 58.0 Å². The Morgan fingerprint density at radius 3 is 2.64 bits per heavy atom. The van der Waals surface area contributed by atoms with E-state index in [0.29, 0.717) is 11.8 Å². The first-order chi connectivity index (χ1) is 10.3. The summed E-state index contributed by atoms with van der Waals surface area (Å²) in [5.74, 6) is -2.05. The maximum atomic E-state index is 13.5. The number of aryl methyl sites for hydroxylation is 1. The zero-order chi connectivity index (χ0) is 16.3. The van der Waals surface area contributed by atoms with Crippen molar-refractivity contribution in [1.29, 1.82) is 0 Å². The highest BCUT2D eigenvalue weighted by molar-refractivity contribution is 7.89. The lowest BCUT2D eigenvalue weighted by atomic mass is 10.3. The minimum absolute atomic E-state index is 0.0114. The molecule has 2 aromatic rings. The lowest BCUT2D eigenvalue weighted by molar-refractivity contribution is 0.529. The number of rotatable bonds is 5. The molecule has 1 aromatic heterocycles. The van der Waals surface area contributed by atoms with Crippen LogP contribution in [0.5, 0.6) is 0 Å². The lowest BCUT2D eigenvalue weighted by Crippen LogP contribution is -2.32. The molecule has 9 heteroatoms. The first-order valence-corrected chi connectivity index (χ1v) is 7.77. The van der Waals surface area contributed by atoms with Crippen molar-refractivity contribution in [2.24, 2.45) is 0 Å². The number of nitrogens with one attached hydrogen (secondary N) is 1.